The zero-order chi connectivity index (χ0) is 20.4. The van der Waals surface area contributed by atoms with E-state index >= 15 is 0 Å². The second-order valence-electron chi connectivity index (χ2n) is 6.53. The molecule has 150 valence electrons. The van der Waals surface area contributed by atoms with Crippen LogP contribution in [0.2, 0.25) is 0 Å². The highest BCUT2D eigenvalue weighted by Gasteiger charge is 2.19. The van der Waals surface area contributed by atoms with Crippen LogP contribution in [0.15, 0.2) is 35.0 Å². The first-order valence-electron chi connectivity index (χ1n) is 9.19. The Kier molecular flexibility index (Phi) is 5.55. The molecular formula is C21H20N2O4S2. The highest BCUT2D eigenvalue weighted by molar-refractivity contribution is 7.14. The number of anilines is 1. The average Bonchev–Trinajstić information content (AvgIpc) is 3.44. The van der Waals surface area contributed by atoms with E-state index in [4.69, 9.17) is 9.47 Å². The Morgan fingerprint density at radius 2 is 1.90 bits per heavy atom. The molecule has 8 heteroatoms. The Balaban J connectivity index is 1.43. The molecule has 2 aromatic heterocycles. The third kappa shape index (κ3) is 3.99. The van der Waals surface area contributed by atoms with Crippen molar-refractivity contribution >= 4 is 39.5 Å². The van der Waals surface area contributed by atoms with Crippen LogP contribution in [0.5, 0.6) is 11.5 Å². The molecule has 1 aliphatic rings. The maximum Gasteiger partial charge on any atom is 0.257 e. The first-order chi connectivity index (χ1) is 14.1. The van der Waals surface area contributed by atoms with Crippen molar-refractivity contribution in [3.8, 4) is 11.5 Å². The minimum atomic E-state index is -0.239. The van der Waals surface area contributed by atoms with Crippen molar-refractivity contribution in [2.45, 2.75) is 26.8 Å². The van der Waals surface area contributed by atoms with Crippen LogP contribution in [-0.4, -0.2) is 18.6 Å². The first kappa shape index (κ1) is 19.5. The monoisotopic (exact) mass is 428 g/mol. The summed E-state index contributed by atoms with van der Waals surface area (Å²) < 4.78 is 10.7. The lowest BCUT2D eigenvalue weighted by Gasteiger charge is -2.09. The standard InChI is InChI=1S/C21H20N2O4S2/c1-3-14-12(2)29-10-16(14)20(25)23-21-15(6-7-28-21)19(24)22-9-13-4-5-17-18(8-13)27-11-26-17/h4-8,10H,3,9,11H2,1-2H3,(H,22,24)(H,23,25). The number of hydrogen-bond donors (Lipinski definition) is 2. The fourth-order valence-corrected chi connectivity index (χ4v) is 4.91. The molecule has 0 spiro atoms. The van der Waals surface area contributed by atoms with Crippen LogP contribution in [-0.2, 0) is 13.0 Å². The van der Waals surface area contributed by atoms with Gasteiger partial charge in [-0.1, -0.05) is 13.0 Å². The summed E-state index contributed by atoms with van der Waals surface area (Å²) in [6.45, 7) is 4.61. The van der Waals surface area contributed by atoms with Crippen molar-refractivity contribution in [3.05, 3.63) is 62.2 Å². The molecule has 0 saturated heterocycles. The van der Waals surface area contributed by atoms with Crippen molar-refractivity contribution in [2.75, 3.05) is 12.1 Å². The molecule has 3 heterocycles. The van der Waals surface area contributed by atoms with Gasteiger partial charge in [-0.2, -0.15) is 0 Å². The molecule has 1 aromatic carbocycles. The molecule has 1 aliphatic heterocycles. The number of nitrogens with one attached hydrogen (secondary N) is 2. The quantitative estimate of drug-likeness (QED) is 0.602. The Bertz CT molecular complexity index is 1070. The lowest BCUT2D eigenvalue weighted by Crippen LogP contribution is -2.24. The number of fused-ring (bicyclic) bond motifs is 1. The molecule has 2 N–H and O–H groups in total. The zero-order valence-corrected chi connectivity index (χ0v) is 17.7. The predicted octanol–water partition coefficient (Wildman–Crippen LogP) is 4.59. The maximum atomic E-state index is 12.7. The summed E-state index contributed by atoms with van der Waals surface area (Å²) in [6, 6.07) is 7.28. The highest BCUT2D eigenvalue weighted by atomic mass is 32.1. The van der Waals surface area contributed by atoms with Gasteiger partial charge < -0.3 is 20.1 Å². The number of thiophene rings is 2. The zero-order valence-electron chi connectivity index (χ0n) is 16.0. The van der Waals surface area contributed by atoms with Crippen molar-refractivity contribution in [3.63, 3.8) is 0 Å². The van der Waals surface area contributed by atoms with Gasteiger partial charge in [-0.25, -0.2) is 0 Å². The van der Waals surface area contributed by atoms with Gasteiger partial charge in [-0.15, -0.1) is 22.7 Å². The lowest BCUT2D eigenvalue weighted by atomic mass is 10.1. The van der Waals surface area contributed by atoms with E-state index in [9.17, 15) is 9.59 Å². The number of ether oxygens (including phenoxy) is 2. The van der Waals surface area contributed by atoms with Crippen LogP contribution in [0.3, 0.4) is 0 Å². The third-order valence-electron chi connectivity index (χ3n) is 4.73. The molecule has 0 bridgehead atoms. The number of rotatable bonds is 6. The normalized spacial score (nSPS) is 12.1. The fourth-order valence-electron chi connectivity index (χ4n) is 3.19. The topological polar surface area (TPSA) is 76.7 Å². The van der Waals surface area contributed by atoms with Crippen molar-refractivity contribution in [1.29, 1.82) is 0 Å². The van der Waals surface area contributed by atoms with Gasteiger partial charge in [0.1, 0.15) is 5.00 Å². The lowest BCUT2D eigenvalue weighted by molar-refractivity contribution is 0.0952. The molecule has 0 atom stereocenters. The van der Waals surface area contributed by atoms with Gasteiger partial charge in [-0.05, 0) is 48.1 Å². The van der Waals surface area contributed by atoms with E-state index in [2.05, 4.69) is 10.6 Å². The van der Waals surface area contributed by atoms with Crippen LogP contribution in [0, 0.1) is 6.92 Å². The van der Waals surface area contributed by atoms with Crippen LogP contribution in [0.1, 0.15) is 43.6 Å². The smallest absolute Gasteiger partial charge is 0.257 e. The van der Waals surface area contributed by atoms with E-state index in [1.165, 1.54) is 11.3 Å². The Labute approximate surface area is 176 Å². The summed E-state index contributed by atoms with van der Waals surface area (Å²) >= 11 is 2.90. The number of benzene rings is 1. The SMILES string of the molecule is CCc1c(C(=O)Nc2sccc2C(=O)NCc2ccc3c(c2)OCO3)csc1C. The fraction of sp³-hybridized carbons (Fsp3) is 0.238. The molecule has 2 amide bonds. The van der Waals surface area contributed by atoms with E-state index in [1.54, 1.807) is 22.8 Å². The summed E-state index contributed by atoms with van der Waals surface area (Å²) in [7, 11) is 0. The van der Waals surface area contributed by atoms with Gasteiger partial charge in [0.25, 0.3) is 11.8 Å². The number of amides is 2. The Morgan fingerprint density at radius 1 is 1.07 bits per heavy atom. The largest absolute Gasteiger partial charge is 0.454 e. The van der Waals surface area contributed by atoms with Gasteiger partial charge in [-0.3, -0.25) is 9.59 Å². The number of carbonyl (C=O) groups is 2. The first-order valence-corrected chi connectivity index (χ1v) is 10.9. The van der Waals surface area contributed by atoms with Gasteiger partial charge in [0.2, 0.25) is 6.79 Å². The van der Waals surface area contributed by atoms with E-state index in [-0.39, 0.29) is 18.6 Å². The minimum absolute atomic E-state index is 0.182. The van der Waals surface area contributed by atoms with Gasteiger partial charge in [0.15, 0.2) is 11.5 Å². The van der Waals surface area contributed by atoms with E-state index in [0.717, 1.165) is 22.4 Å². The summed E-state index contributed by atoms with van der Waals surface area (Å²) in [4.78, 5) is 26.5. The van der Waals surface area contributed by atoms with Gasteiger partial charge >= 0.3 is 0 Å². The molecular weight excluding hydrogens is 408 g/mol. The average molecular weight is 429 g/mol. The summed E-state index contributed by atoms with van der Waals surface area (Å²) in [5, 5.41) is 10.0. The molecule has 29 heavy (non-hydrogen) atoms. The van der Waals surface area contributed by atoms with E-state index < -0.39 is 0 Å². The molecule has 6 nitrogen and oxygen atoms in total. The third-order valence-corrected chi connectivity index (χ3v) is 6.51. The van der Waals surface area contributed by atoms with Crippen LogP contribution in [0.4, 0.5) is 5.00 Å². The molecule has 0 fully saturated rings. The Hall–Kier alpha value is -2.84. The summed E-state index contributed by atoms with van der Waals surface area (Å²) in [5.41, 5.74) is 3.09. The molecule has 3 aromatic rings. The molecule has 0 unspecified atom stereocenters. The van der Waals surface area contributed by atoms with Crippen molar-refractivity contribution in [2.24, 2.45) is 0 Å². The van der Waals surface area contributed by atoms with Crippen LogP contribution >= 0.6 is 22.7 Å². The van der Waals surface area contributed by atoms with E-state index in [1.807, 2.05) is 37.4 Å². The van der Waals surface area contributed by atoms with Crippen LogP contribution < -0.4 is 20.1 Å². The Morgan fingerprint density at radius 3 is 2.72 bits per heavy atom. The minimum Gasteiger partial charge on any atom is -0.454 e. The number of carbonyl (C=O) groups excluding carboxylic acids is 2. The number of hydrogen-bond acceptors (Lipinski definition) is 6. The van der Waals surface area contributed by atoms with Gasteiger partial charge in [0.05, 0.1) is 11.1 Å². The molecule has 0 saturated carbocycles. The number of aryl methyl sites for hydroxylation is 1. The highest BCUT2D eigenvalue weighted by Crippen LogP contribution is 2.32. The van der Waals surface area contributed by atoms with Crippen molar-refractivity contribution < 1.29 is 19.1 Å². The molecule has 0 aliphatic carbocycles. The van der Waals surface area contributed by atoms with Gasteiger partial charge in [0, 0.05) is 16.8 Å². The molecule has 0 radical (unpaired) electrons. The van der Waals surface area contributed by atoms with Crippen molar-refractivity contribution in [1.82, 2.24) is 5.32 Å². The maximum absolute atomic E-state index is 12.7. The second kappa shape index (κ2) is 8.26. The molecule has 4 rings (SSSR count). The van der Waals surface area contributed by atoms with Crippen LogP contribution in [0.25, 0.3) is 0 Å². The predicted molar refractivity (Wildman–Crippen MR) is 114 cm³/mol. The summed E-state index contributed by atoms with van der Waals surface area (Å²) in [5.74, 6) is 0.964. The summed E-state index contributed by atoms with van der Waals surface area (Å²) in [6.07, 6.45) is 0.797. The van der Waals surface area contributed by atoms with E-state index in [0.29, 0.717) is 34.2 Å². The second-order valence-corrected chi connectivity index (χ2v) is 8.53.